The van der Waals surface area contributed by atoms with Crippen LogP contribution in [0.2, 0.25) is 0 Å². The van der Waals surface area contributed by atoms with Crippen molar-refractivity contribution in [3.63, 3.8) is 0 Å². The van der Waals surface area contributed by atoms with Crippen molar-refractivity contribution in [2.24, 2.45) is 10.9 Å². The van der Waals surface area contributed by atoms with Gasteiger partial charge in [0, 0.05) is 11.8 Å². The fraction of sp³-hybridized carbons (Fsp3) is 0.917. The minimum Gasteiger partial charge on any atom is -0.364 e. The summed E-state index contributed by atoms with van der Waals surface area (Å²) < 4.78 is 23.4. The first-order valence-electron chi connectivity index (χ1n) is 6.64. The first-order chi connectivity index (χ1) is 8.47. The second kappa shape index (κ2) is 5.82. The van der Waals surface area contributed by atoms with E-state index >= 15 is 0 Å². The molecule has 4 nitrogen and oxygen atoms in total. The largest absolute Gasteiger partial charge is 0.364 e. The molecule has 0 aliphatic carbocycles. The van der Waals surface area contributed by atoms with Crippen LogP contribution in [-0.4, -0.2) is 42.9 Å². The zero-order chi connectivity index (χ0) is 13.2. The van der Waals surface area contributed by atoms with E-state index in [-0.39, 0.29) is 5.25 Å². The highest BCUT2D eigenvalue weighted by Crippen LogP contribution is 2.26. The highest BCUT2D eigenvalue weighted by molar-refractivity contribution is 8.14. The molecule has 2 rings (SSSR count). The van der Waals surface area contributed by atoms with Gasteiger partial charge in [0.05, 0.1) is 17.5 Å². The van der Waals surface area contributed by atoms with Gasteiger partial charge in [-0.05, 0) is 25.2 Å². The minimum atomic E-state index is -2.84. The van der Waals surface area contributed by atoms with Gasteiger partial charge >= 0.3 is 0 Å². The Kier molecular flexibility index (Phi) is 4.59. The molecule has 2 heterocycles. The minimum absolute atomic E-state index is 0.204. The fourth-order valence-corrected chi connectivity index (χ4v) is 5.48. The molecule has 0 spiro atoms. The number of nitrogens with zero attached hydrogens (tertiary/aromatic N) is 1. The molecule has 2 aliphatic heterocycles. The zero-order valence-corrected chi connectivity index (χ0v) is 12.7. The van der Waals surface area contributed by atoms with Crippen LogP contribution in [0.4, 0.5) is 0 Å². The summed E-state index contributed by atoms with van der Waals surface area (Å²) in [6.07, 6.45) is 2.77. The van der Waals surface area contributed by atoms with E-state index < -0.39 is 9.84 Å². The Hall–Kier alpha value is -0.230. The summed E-state index contributed by atoms with van der Waals surface area (Å²) in [5.74, 6) is 1.04. The van der Waals surface area contributed by atoms with Crippen molar-refractivity contribution in [3.8, 4) is 0 Å². The molecule has 6 heteroatoms. The van der Waals surface area contributed by atoms with Gasteiger partial charge in [-0.25, -0.2) is 8.42 Å². The summed E-state index contributed by atoms with van der Waals surface area (Å²) >= 11 is 1.77. The molecule has 0 aromatic carbocycles. The van der Waals surface area contributed by atoms with E-state index in [0.29, 0.717) is 23.5 Å². The third kappa shape index (κ3) is 3.63. The van der Waals surface area contributed by atoms with Crippen LogP contribution in [0.5, 0.6) is 0 Å². The Balaban J connectivity index is 1.76. The summed E-state index contributed by atoms with van der Waals surface area (Å²) in [5, 5.41) is 4.51. The molecule has 1 saturated heterocycles. The second-order valence-corrected chi connectivity index (χ2v) is 9.22. The maximum absolute atomic E-state index is 11.7. The third-order valence-electron chi connectivity index (χ3n) is 3.39. The molecule has 0 aromatic rings. The normalized spacial score (nSPS) is 30.7. The highest BCUT2D eigenvalue weighted by atomic mass is 32.2. The lowest BCUT2D eigenvalue weighted by molar-refractivity contribution is 0.575. The number of nitrogens with one attached hydrogen (secondary N) is 1. The zero-order valence-electron chi connectivity index (χ0n) is 11.1. The van der Waals surface area contributed by atoms with Crippen molar-refractivity contribution in [1.82, 2.24) is 5.32 Å². The van der Waals surface area contributed by atoms with Crippen LogP contribution in [0.15, 0.2) is 4.99 Å². The SMILES string of the molecule is CC(C)CC1CN=C(NCC2CCCS2(=O)=O)S1. The van der Waals surface area contributed by atoms with E-state index in [1.165, 1.54) is 6.42 Å². The first kappa shape index (κ1) is 14.2. The molecular formula is C12H22N2O2S2. The molecule has 2 unspecified atom stereocenters. The summed E-state index contributed by atoms with van der Waals surface area (Å²) in [5.41, 5.74) is 0. The highest BCUT2D eigenvalue weighted by Gasteiger charge is 2.31. The molecule has 18 heavy (non-hydrogen) atoms. The topological polar surface area (TPSA) is 58.5 Å². The van der Waals surface area contributed by atoms with E-state index in [1.54, 1.807) is 11.8 Å². The van der Waals surface area contributed by atoms with E-state index in [1.807, 2.05) is 0 Å². The quantitative estimate of drug-likeness (QED) is 0.855. The Morgan fingerprint density at radius 1 is 1.50 bits per heavy atom. The Morgan fingerprint density at radius 2 is 2.28 bits per heavy atom. The maximum atomic E-state index is 11.7. The lowest BCUT2D eigenvalue weighted by Gasteiger charge is -2.13. The predicted octanol–water partition coefficient (Wildman–Crippen LogP) is 1.67. The Labute approximate surface area is 114 Å². The number of sulfone groups is 1. The summed E-state index contributed by atoms with van der Waals surface area (Å²) in [4.78, 5) is 4.45. The molecular weight excluding hydrogens is 268 g/mol. The van der Waals surface area contributed by atoms with Crippen molar-refractivity contribution in [1.29, 1.82) is 0 Å². The molecule has 0 aromatic heterocycles. The van der Waals surface area contributed by atoms with E-state index in [9.17, 15) is 8.42 Å². The summed E-state index contributed by atoms with van der Waals surface area (Å²) in [6.45, 7) is 5.83. The van der Waals surface area contributed by atoms with Gasteiger partial charge in [0.1, 0.15) is 0 Å². The Morgan fingerprint density at radius 3 is 2.89 bits per heavy atom. The number of aliphatic imine (C=N–C) groups is 1. The van der Waals surface area contributed by atoms with E-state index in [4.69, 9.17) is 0 Å². The van der Waals surface area contributed by atoms with Gasteiger partial charge in [0.25, 0.3) is 0 Å². The molecule has 2 atom stereocenters. The predicted molar refractivity (Wildman–Crippen MR) is 77.9 cm³/mol. The lowest BCUT2D eigenvalue weighted by atomic mass is 10.1. The van der Waals surface area contributed by atoms with Gasteiger partial charge in [0.15, 0.2) is 15.0 Å². The average molecular weight is 290 g/mol. The van der Waals surface area contributed by atoms with Crippen molar-refractivity contribution < 1.29 is 8.42 Å². The molecule has 104 valence electrons. The standard InChI is InChI=1S/C12H22N2O2S2/c1-9(2)6-10-7-13-12(17-10)14-8-11-4-3-5-18(11,15)16/h9-11H,3-8H2,1-2H3,(H,13,14). The van der Waals surface area contributed by atoms with Crippen LogP contribution in [0, 0.1) is 5.92 Å². The first-order valence-corrected chi connectivity index (χ1v) is 9.23. The van der Waals surface area contributed by atoms with Gasteiger partial charge in [-0.3, -0.25) is 4.99 Å². The van der Waals surface area contributed by atoms with Gasteiger partial charge in [-0.15, -0.1) is 0 Å². The van der Waals surface area contributed by atoms with Crippen molar-refractivity contribution >= 4 is 26.8 Å². The average Bonchev–Trinajstić information content (AvgIpc) is 2.81. The maximum Gasteiger partial charge on any atom is 0.156 e. The van der Waals surface area contributed by atoms with E-state index in [2.05, 4.69) is 24.2 Å². The monoisotopic (exact) mass is 290 g/mol. The van der Waals surface area contributed by atoms with Crippen LogP contribution in [0.1, 0.15) is 33.1 Å². The van der Waals surface area contributed by atoms with Crippen LogP contribution < -0.4 is 5.32 Å². The summed E-state index contributed by atoms with van der Waals surface area (Å²) in [6, 6.07) is 0. The van der Waals surface area contributed by atoms with Gasteiger partial charge < -0.3 is 5.32 Å². The Bertz CT molecular complexity index is 418. The van der Waals surface area contributed by atoms with Crippen LogP contribution >= 0.6 is 11.8 Å². The molecule has 0 bridgehead atoms. The molecule has 2 aliphatic rings. The van der Waals surface area contributed by atoms with Gasteiger partial charge in [-0.1, -0.05) is 25.6 Å². The fourth-order valence-electron chi connectivity index (χ4n) is 2.45. The number of amidine groups is 1. The molecule has 1 fully saturated rings. The van der Waals surface area contributed by atoms with Gasteiger partial charge in [0.2, 0.25) is 0 Å². The van der Waals surface area contributed by atoms with Crippen LogP contribution in [-0.2, 0) is 9.84 Å². The van der Waals surface area contributed by atoms with E-state index in [0.717, 1.165) is 24.6 Å². The van der Waals surface area contributed by atoms with Crippen molar-refractivity contribution in [2.75, 3.05) is 18.8 Å². The molecule has 0 radical (unpaired) electrons. The lowest BCUT2D eigenvalue weighted by Crippen LogP contribution is -2.33. The smallest absolute Gasteiger partial charge is 0.156 e. The van der Waals surface area contributed by atoms with Crippen molar-refractivity contribution in [3.05, 3.63) is 0 Å². The van der Waals surface area contributed by atoms with Crippen LogP contribution in [0.3, 0.4) is 0 Å². The third-order valence-corrected chi connectivity index (χ3v) is 6.84. The number of thioether (sulfide) groups is 1. The van der Waals surface area contributed by atoms with Gasteiger partial charge in [-0.2, -0.15) is 0 Å². The van der Waals surface area contributed by atoms with Crippen molar-refractivity contribution in [2.45, 2.75) is 43.6 Å². The second-order valence-electron chi connectivity index (χ2n) is 5.53. The number of hydrogen-bond donors (Lipinski definition) is 1. The number of rotatable bonds is 4. The summed E-state index contributed by atoms with van der Waals surface area (Å²) in [7, 11) is -2.84. The molecule has 1 N–H and O–H groups in total. The van der Waals surface area contributed by atoms with Crippen LogP contribution in [0.25, 0.3) is 0 Å². The number of hydrogen-bond acceptors (Lipinski definition) is 5. The molecule has 0 amide bonds. The molecule has 0 saturated carbocycles.